The van der Waals surface area contributed by atoms with Gasteiger partial charge in [0.25, 0.3) is 0 Å². The van der Waals surface area contributed by atoms with Gasteiger partial charge in [0.2, 0.25) is 5.91 Å². The molecule has 0 spiro atoms. The van der Waals surface area contributed by atoms with E-state index in [0.29, 0.717) is 17.4 Å². The zero-order valence-corrected chi connectivity index (χ0v) is 14.0. The summed E-state index contributed by atoms with van der Waals surface area (Å²) in [5.74, 6) is 1.42. The van der Waals surface area contributed by atoms with Gasteiger partial charge in [0.1, 0.15) is 5.82 Å². The van der Waals surface area contributed by atoms with Gasteiger partial charge in [0, 0.05) is 24.9 Å². The Morgan fingerprint density at radius 3 is 2.55 bits per heavy atom. The lowest BCUT2D eigenvalue weighted by Gasteiger charge is -2.19. The van der Waals surface area contributed by atoms with Gasteiger partial charge in [-0.2, -0.15) is 5.10 Å². The van der Waals surface area contributed by atoms with Gasteiger partial charge in [0.05, 0.1) is 0 Å². The fourth-order valence-electron chi connectivity index (χ4n) is 3.38. The number of nitrogens with one attached hydrogen (secondary N) is 2. The highest BCUT2D eigenvalue weighted by Gasteiger charge is 2.27. The third-order valence-electron chi connectivity index (χ3n) is 4.81. The molecule has 6 heteroatoms. The van der Waals surface area contributed by atoms with Gasteiger partial charge in [-0.3, -0.25) is 9.89 Å². The molecule has 22 heavy (non-hydrogen) atoms. The number of aromatic nitrogens is 3. The average molecular weight is 322 g/mol. The van der Waals surface area contributed by atoms with Crippen molar-refractivity contribution in [2.24, 2.45) is 5.92 Å². The Morgan fingerprint density at radius 2 is 1.86 bits per heavy atom. The molecular formula is C16H26N4OS. The summed E-state index contributed by atoms with van der Waals surface area (Å²) in [6, 6.07) is 0.530. The van der Waals surface area contributed by atoms with E-state index in [1.807, 2.05) is 0 Å². The highest BCUT2D eigenvalue weighted by Crippen LogP contribution is 2.35. The Hall–Kier alpha value is -1.17. The summed E-state index contributed by atoms with van der Waals surface area (Å²) in [5.41, 5.74) is 0. The highest BCUT2D eigenvalue weighted by molar-refractivity contribution is 7.71. The Bertz CT molecular complexity index is 553. The van der Waals surface area contributed by atoms with E-state index in [9.17, 15) is 4.79 Å². The van der Waals surface area contributed by atoms with Crippen molar-refractivity contribution in [1.82, 2.24) is 20.1 Å². The maximum atomic E-state index is 12.3. The molecule has 3 rings (SSSR count). The summed E-state index contributed by atoms with van der Waals surface area (Å²) in [4.78, 5) is 12.3. The van der Waals surface area contributed by atoms with E-state index in [0.717, 1.165) is 25.1 Å². The number of carbonyl (C=O) groups excluding carboxylic acids is 1. The zero-order chi connectivity index (χ0) is 15.4. The molecule has 0 radical (unpaired) electrons. The Kier molecular flexibility index (Phi) is 5.28. The van der Waals surface area contributed by atoms with Crippen LogP contribution in [-0.4, -0.2) is 27.2 Å². The molecule has 1 aromatic rings. The predicted molar refractivity (Wildman–Crippen MR) is 88.2 cm³/mol. The van der Waals surface area contributed by atoms with Crippen LogP contribution in [-0.2, 0) is 11.2 Å². The number of aromatic amines is 1. The van der Waals surface area contributed by atoms with Crippen molar-refractivity contribution >= 4 is 18.1 Å². The van der Waals surface area contributed by atoms with E-state index in [1.54, 1.807) is 0 Å². The number of H-pyrrole nitrogens is 1. The molecule has 0 aliphatic heterocycles. The molecular weight excluding hydrogens is 296 g/mol. The maximum Gasteiger partial charge on any atom is 0.223 e. The number of rotatable bonds is 5. The van der Waals surface area contributed by atoms with E-state index >= 15 is 0 Å². The molecule has 0 atom stereocenters. The Morgan fingerprint density at radius 1 is 1.18 bits per heavy atom. The number of hydrogen-bond acceptors (Lipinski definition) is 3. The molecule has 2 saturated carbocycles. The summed E-state index contributed by atoms with van der Waals surface area (Å²) in [6.07, 6.45) is 11.5. The average Bonchev–Trinajstić information content (AvgIpc) is 3.23. The van der Waals surface area contributed by atoms with Crippen LogP contribution in [0, 0.1) is 10.7 Å². The smallest absolute Gasteiger partial charge is 0.223 e. The van der Waals surface area contributed by atoms with E-state index < -0.39 is 0 Å². The minimum Gasteiger partial charge on any atom is -0.355 e. The van der Waals surface area contributed by atoms with Crippen LogP contribution in [0.4, 0.5) is 0 Å². The lowest BCUT2D eigenvalue weighted by atomic mass is 9.90. The van der Waals surface area contributed by atoms with Gasteiger partial charge in [-0.15, -0.1) is 0 Å². The third kappa shape index (κ3) is 3.97. The molecule has 2 fully saturated rings. The monoisotopic (exact) mass is 322 g/mol. The minimum atomic E-state index is 0.213. The molecule has 1 amide bonds. The third-order valence-corrected chi connectivity index (χ3v) is 5.10. The molecule has 0 bridgehead atoms. The van der Waals surface area contributed by atoms with Gasteiger partial charge < -0.3 is 9.88 Å². The fraction of sp³-hybridized carbons (Fsp3) is 0.812. The number of nitrogens with zero attached hydrogens (tertiary/aromatic N) is 2. The standard InChI is InChI=1S/C16H26N4OS/c21-15(12-6-4-2-1-3-5-7-12)17-11-10-14-18-19-16(22)20(14)13-8-9-13/h12-13H,1-11H2,(H,17,21)(H,19,22). The van der Waals surface area contributed by atoms with E-state index in [2.05, 4.69) is 20.1 Å². The normalized spacial score (nSPS) is 20.4. The highest BCUT2D eigenvalue weighted by atomic mass is 32.1. The zero-order valence-electron chi connectivity index (χ0n) is 13.1. The molecule has 2 aliphatic carbocycles. The van der Waals surface area contributed by atoms with Crippen molar-refractivity contribution in [3.05, 3.63) is 10.6 Å². The van der Waals surface area contributed by atoms with Gasteiger partial charge in [-0.05, 0) is 37.9 Å². The topological polar surface area (TPSA) is 62.7 Å². The summed E-state index contributed by atoms with van der Waals surface area (Å²) >= 11 is 5.28. The van der Waals surface area contributed by atoms with Crippen LogP contribution in [0.25, 0.3) is 0 Å². The molecule has 0 unspecified atom stereocenters. The van der Waals surface area contributed by atoms with Gasteiger partial charge in [-0.1, -0.05) is 32.1 Å². The first-order valence-electron chi connectivity index (χ1n) is 8.69. The molecule has 1 heterocycles. The second-order valence-corrected chi connectivity index (χ2v) is 7.02. The predicted octanol–water partition coefficient (Wildman–Crippen LogP) is 3.29. The van der Waals surface area contributed by atoms with Crippen molar-refractivity contribution in [1.29, 1.82) is 0 Å². The lowest BCUT2D eigenvalue weighted by Crippen LogP contribution is -2.33. The second-order valence-electron chi connectivity index (χ2n) is 6.63. The van der Waals surface area contributed by atoms with Crippen LogP contribution in [0.3, 0.4) is 0 Å². The summed E-state index contributed by atoms with van der Waals surface area (Å²) in [5, 5.41) is 10.3. The van der Waals surface area contributed by atoms with Crippen LogP contribution < -0.4 is 5.32 Å². The molecule has 2 N–H and O–H groups in total. The number of carbonyl (C=O) groups is 1. The van der Waals surface area contributed by atoms with Crippen molar-refractivity contribution in [2.45, 2.75) is 70.3 Å². The quantitative estimate of drug-likeness (QED) is 0.818. The first kappa shape index (κ1) is 15.7. The summed E-state index contributed by atoms with van der Waals surface area (Å²) in [6.45, 7) is 0.654. The SMILES string of the molecule is O=C(NCCc1n[nH]c(=S)n1C1CC1)C1CCCCCCC1. The first-order chi connectivity index (χ1) is 10.8. The number of hydrogen-bond donors (Lipinski definition) is 2. The van der Waals surface area contributed by atoms with Gasteiger partial charge >= 0.3 is 0 Å². The van der Waals surface area contributed by atoms with E-state index in [-0.39, 0.29) is 11.8 Å². The summed E-state index contributed by atoms with van der Waals surface area (Å²) < 4.78 is 2.83. The van der Waals surface area contributed by atoms with Gasteiger partial charge in [0.15, 0.2) is 4.77 Å². The van der Waals surface area contributed by atoms with Crippen LogP contribution in [0.1, 0.15) is 69.7 Å². The lowest BCUT2D eigenvalue weighted by molar-refractivity contribution is -0.125. The number of amides is 1. The van der Waals surface area contributed by atoms with Crippen LogP contribution in [0.5, 0.6) is 0 Å². The van der Waals surface area contributed by atoms with Crippen LogP contribution in [0.15, 0.2) is 0 Å². The molecule has 1 aromatic heterocycles. The van der Waals surface area contributed by atoms with Crippen LogP contribution in [0.2, 0.25) is 0 Å². The second kappa shape index (κ2) is 7.40. The molecule has 2 aliphatic rings. The van der Waals surface area contributed by atoms with Crippen molar-refractivity contribution < 1.29 is 4.79 Å². The van der Waals surface area contributed by atoms with E-state index in [4.69, 9.17) is 12.2 Å². The molecule has 122 valence electrons. The fourth-order valence-corrected chi connectivity index (χ4v) is 3.68. The van der Waals surface area contributed by atoms with Gasteiger partial charge in [-0.25, -0.2) is 0 Å². The molecule has 5 nitrogen and oxygen atoms in total. The Labute approximate surface area is 136 Å². The van der Waals surface area contributed by atoms with Crippen molar-refractivity contribution in [3.63, 3.8) is 0 Å². The Balaban J connectivity index is 1.48. The largest absolute Gasteiger partial charge is 0.355 e. The van der Waals surface area contributed by atoms with Crippen molar-refractivity contribution in [3.8, 4) is 0 Å². The van der Waals surface area contributed by atoms with Crippen molar-refractivity contribution in [2.75, 3.05) is 6.54 Å². The van der Waals surface area contributed by atoms with E-state index in [1.165, 1.54) is 44.9 Å². The summed E-state index contributed by atoms with van der Waals surface area (Å²) in [7, 11) is 0. The first-order valence-corrected chi connectivity index (χ1v) is 9.10. The molecule has 0 aromatic carbocycles. The maximum absolute atomic E-state index is 12.3. The minimum absolute atomic E-state index is 0.213. The van der Waals surface area contributed by atoms with Crippen LogP contribution >= 0.6 is 12.2 Å². The molecule has 0 saturated heterocycles.